The largest absolute Gasteiger partial charge is 0.360 e. The Morgan fingerprint density at radius 1 is 1.06 bits per heavy atom. The minimum atomic E-state index is 0.251. The monoisotopic (exact) mass is 240 g/mol. The molecule has 92 valence electrons. The van der Waals surface area contributed by atoms with Crippen LogP contribution in [0.5, 0.6) is 0 Å². The summed E-state index contributed by atoms with van der Waals surface area (Å²) in [5.41, 5.74) is 0.251. The Hall–Kier alpha value is -0.310. The quantitative estimate of drug-likeness (QED) is 0.725. The van der Waals surface area contributed by atoms with Crippen LogP contribution in [0.15, 0.2) is 0 Å². The normalized spacial score (nSPS) is 25.3. The van der Waals surface area contributed by atoms with Crippen LogP contribution in [0.25, 0.3) is 0 Å². The predicted octanol–water partition coefficient (Wildman–Crippen LogP) is 3.12. The van der Waals surface area contributed by atoms with Gasteiger partial charge in [-0.1, -0.05) is 32.1 Å². The standard InChI is InChI=1S/C13H24N2S/c1-13(9-5-2-6-10-13)15-12(16)14-11-7-3-4-8-11/h11H,2-10H2,1H3,(H2,14,15,16). The van der Waals surface area contributed by atoms with Gasteiger partial charge in [-0.3, -0.25) is 0 Å². The van der Waals surface area contributed by atoms with E-state index in [0.717, 1.165) is 5.11 Å². The molecule has 0 aromatic rings. The first kappa shape index (κ1) is 12.2. The molecule has 0 atom stereocenters. The molecule has 2 fully saturated rings. The molecule has 2 nitrogen and oxygen atoms in total. The molecule has 0 aromatic heterocycles. The van der Waals surface area contributed by atoms with Crippen molar-refractivity contribution in [3.63, 3.8) is 0 Å². The number of hydrogen-bond donors (Lipinski definition) is 2. The van der Waals surface area contributed by atoms with Crippen LogP contribution in [0, 0.1) is 0 Å². The van der Waals surface area contributed by atoms with Gasteiger partial charge in [-0.15, -0.1) is 0 Å². The highest BCUT2D eigenvalue weighted by Crippen LogP contribution is 2.27. The molecule has 2 rings (SSSR count). The predicted molar refractivity (Wildman–Crippen MR) is 72.6 cm³/mol. The van der Waals surface area contributed by atoms with E-state index in [1.807, 2.05) is 0 Å². The molecule has 0 radical (unpaired) electrons. The molecule has 0 spiro atoms. The molecule has 0 bridgehead atoms. The highest BCUT2D eigenvalue weighted by molar-refractivity contribution is 7.80. The molecule has 0 saturated heterocycles. The number of nitrogens with one attached hydrogen (secondary N) is 2. The van der Waals surface area contributed by atoms with Gasteiger partial charge in [-0.25, -0.2) is 0 Å². The fraction of sp³-hybridized carbons (Fsp3) is 0.923. The molecule has 2 saturated carbocycles. The summed E-state index contributed by atoms with van der Waals surface area (Å²) in [6.45, 7) is 2.31. The molecule has 3 heteroatoms. The molecule has 0 aromatic carbocycles. The van der Waals surface area contributed by atoms with Gasteiger partial charge in [0.1, 0.15) is 0 Å². The van der Waals surface area contributed by atoms with Crippen LogP contribution in [-0.2, 0) is 0 Å². The first-order valence-electron chi connectivity index (χ1n) is 6.77. The first-order valence-corrected chi connectivity index (χ1v) is 7.17. The van der Waals surface area contributed by atoms with E-state index in [2.05, 4.69) is 17.6 Å². The SMILES string of the molecule is CC1(NC(=S)NC2CCCC2)CCCCC1. The van der Waals surface area contributed by atoms with E-state index in [-0.39, 0.29) is 5.54 Å². The Morgan fingerprint density at radius 2 is 1.69 bits per heavy atom. The van der Waals surface area contributed by atoms with Gasteiger partial charge in [0.15, 0.2) is 5.11 Å². The van der Waals surface area contributed by atoms with Crippen LogP contribution in [0.1, 0.15) is 64.7 Å². The Bertz CT molecular complexity index is 240. The average Bonchev–Trinajstić information content (AvgIpc) is 2.70. The lowest BCUT2D eigenvalue weighted by Crippen LogP contribution is -2.52. The summed E-state index contributed by atoms with van der Waals surface area (Å²) in [6.07, 6.45) is 11.9. The van der Waals surface area contributed by atoms with E-state index in [4.69, 9.17) is 12.2 Å². The van der Waals surface area contributed by atoms with E-state index in [1.165, 1.54) is 57.8 Å². The summed E-state index contributed by atoms with van der Waals surface area (Å²) in [4.78, 5) is 0. The zero-order chi connectivity index (χ0) is 11.4. The van der Waals surface area contributed by atoms with Crippen LogP contribution < -0.4 is 10.6 Å². The van der Waals surface area contributed by atoms with Crippen molar-refractivity contribution < 1.29 is 0 Å². The van der Waals surface area contributed by atoms with E-state index >= 15 is 0 Å². The fourth-order valence-corrected chi connectivity index (χ4v) is 3.44. The third-order valence-corrected chi connectivity index (χ3v) is 4.28. The van der Waals surface area contributed by atoms with Crippen LogP contribution in [0.2, 0.25) is 0 Å². The van der Waals surface area contributed by atoms with E-state index < -0.39 is 0 Å². The van der Waals surface area contributed by atoms with Crippen molar-refractivity contribution in [1.29, 1.82) is 0 Å². The summed E-state index contributed by atoms with van der Waals surface area (Å²) in [5.74, 6) is 0. The Labute approximate surface area is 105 Å². The molecule has 0 amide bonds. The zero-order valence-electron chi connectivity index (χ0n) is 10.3. The summed E-state index contributed by atoms with van der Waals surface area (Å²) >= 11 is 5.42. The van der Waals surface area contributed by atoms with E-state index in [9.17, 15) is 0 Å². The Morgan fingerprint density at radius 3 is 2.31 bits per heavy atom. The lowest BCUT2D eigenvalue weighted by atomic mass is 9.83. The van der Waals surface area contributed by atoms with Crippen molar-refractivity contribution in [1.82, 2.24) is 10.6 Å². The van der Waals surface area contributed by atoms with Crippen molar-refractivity contribution in [2.45, 2.75) is 76.3 Å². The lowest BCUT2D eigenvalue weighted by Gasteiger charge is -2.36. The summed E-state index contributed by atoms with van der Waals surface area (Å²) < 4.78 is 0. The van der Waals surface area contributed by atoms with Crippen molar-refractivity contribution in [3.8, 4) is 0 Å². The minimum absolute atomic E-state index is 0.251. The van der Waals surface area contributed by atoms with Gasteiger partial charge in [0.25, 0.3) is 0 Å². The molecular formula is C13H24N2S. The van der Waals surface area contributed by atoms with Crippen molar-refractivity contribution >= 4 is 17.3 Å². The Kier molecular flexibility index (Phi) is 4.06. The van der Waals surface area contributed by atoms with Gasteiger partial charge in [0.2, 0.25) is 0 Å². The summed E-state index contributed by atoms with van der Waals surface area (Å²) in [7, 11) is 0. The average molecular weight is 240 g/mol. The molecular weight excluding hydrogens is 216 g/mol. The van der Waals surface area contributed by atoms with Crippen molar-refractivity contribution in [2.24, 2.45) is 0 Å². The highest BCUT2D eigenvalue weighted by atomic mass is 32.1. The topological polar surface area (TPSA) is 24.1 Å². The number of thiocarbonyl (C=S) groups is 1. The van der Waals surface area contributed by atoms with Gasteiger partial charge < -0.3 is 10.6 Å². The third-order valence-electron chi connectivity index (χ3n) is 4.06. The number of rotatable bonds is 2. The van der Waals surface area contributed by atoms with Gasteiger partial charge >= 0.3 is 0 Å². The van der Waals surface area contributed by atoms with Crippen LogP contribution >= 0.6 is 12.2 Å². The minimum Gasteiger partial charge on any atom is -0.360 e. The molecule has 0 unspecified atom stereocenters. The van der Waals surface area contributed by atoms with Crippen LogP contribution in [0.4, 0.5) is 0 Å². The van der Waals surface area contributed by atoms with Gasteiger partial charge in [-0.05, 0) is 44.8 Å². The van der Waals surface area contributed by atoms with Crippen molar-refractivity contribution in [3.05, 3.63) is 0 Å². The smallest absolute Gasteiger partial charge is 0.166 e. The van der Waals surface area contributed by atoms with Gasteiger partial charge in [0, 0.05) is 11.6 Å². The molecule has 2 N–H and O–H groups in total. The molecule has 0 aliphatic heterocycles. The number of hydrogen-bond acceptors (Lipinski definition) is 1. The van der Waals surface area contributed by atoms with Crippen LogP contribution in [-0.4, -0.2) is 16.7 Å². The van der Waals surface area contributed by atoms with E-state index in [1.54, 1.807) is 0 Å². The first-order chi connectivity index (χ1) is 7.68. The molecule has 0 heterocycles. The molecule has 16 heavy (non-hydrogen) atoms. The summed E-state index contributed by atoms with van der Waals surface area (Å²) in [6, 6.07) is 0.632. The van der Waals surface area contributed by atoms with Gasteiger partial charge in [0.05, 0.1) is 0 Å². The molecule has 2 aliphatic rings. The van der Waals surface area contributed by atoms with Crippen molar-refractivity contribution in [2.75, 3.05) is 0 Å². The fourth-order valence-electron chi connectivity index (χ4n) is 3.02. The maximum Gasteiger partial charge on any atom is 0.166 e. The second-order valence-electron chi connectivity index (χ2n) is 5.70. The second-order valence-corrected chi connectivity index (χ2v) is 6.11. The zero-order valence-corrected chi connectivity index (χ0v) is 11.2. The maximum absolute atomic E-state index is 5.42. The second kappa shape index (κ2) is 5.35. The maximum atomic E-state index is 5.42. The third kappa shape index (κ3) is 3.34. The Balaban J connectivity index is 1.76. The highest BCUT2D eigenvalue weighted by Gasteiger charge is 2.27. The summed E-state index contributed by atoms with van der Waals surface area (Å²) in [5, 5.41) is 7.90. The lowest BCUT2D eigenvalue weighted by molar-refractivity contribution is 0.289. The van der Waals surface area contributed by atoms with Crippen LogP contribution in [0.3, 0.4) is 0 Å². The van der Waals surface area contributed by atoms with Gasteiger partial charge in [-0.2, -0.15) is 0 Å². The van der Waals surface area contributed by atoms with E-state index in [0.29, 0.717) is 6.04 Å². The molecule has 2 aliphatic carbocycles.